The second-order valence-electron chi connectivity index (χ2n) is 7.87. The molecule has 3 rings (SSSR count). The van der Waals surface area contributed by atoms with Crippen LogP contribution < -0.4 is 10.6 Å². The predicted molar refractivity (Wildman–Crippen MR) is 123 cm³/mol. The summed E-state index contributed by atoms with van der Waals surface area (Å²) in [6.07, 6.45) is 2.36. The lowest BCUT2D eigenvalue weighted by Gasteiger charge is -2.36. The normalized spacial score (nSPS) is 21.0. The van der Waals surface area contributed by atoms with Crippen LogP contribution in [0.1, 0.15) is 37.3 Å². The van der Waals surface area contributed by atoms with E-state index in [1.807, 2.05) is 7.05 Å². The third kappa shape index (κ3) is 6.32. The minimum atomic E-state index is 0. The molecule has 1 aromatic rings. The molecule has 0 aromatic heterocycles. The SMILES string of the molecule is CN=C(NCC1Cc2ccccc21)NCC(CC(C)C)N1CCOCC1.I. The molecule has 1 aromatic carbocycles. The van der Waals surface area contributed by atoms with Gasteiger partial charge in [0, 0.05) is 45.2 Å². The molecule has 0 saturated carbocycles. The van der Waals surface area contributed by atoms with Crippen molar-refractivity contribution in [3.05, 3.63) is 35.4 Å². The van der Waals surface area contributed by atoms with E-state index in [2.05, 4.69) is 58.6 Å². The Kier molecular flexibility index (Phi) is 9.32. The molecule has 0 radical (unpaired) electrons. The zero-order chi connectivity index (χ0) is 18.4. The molecule has 5 nitrogen and oxygen atoms in total. The number of hydrogen-bond acceptors (Lipinski definition) is 3. The van der Waals surface area contributed by atoms with Crippen molar-refractivity contribution >= 4 is 29.9 Å². The smallest absolute Gasteiger partial charge is 0.191 e. The highest BCUT2D eigenvalue weighted by molar-refractivity contribution is 14.0. The number of aliphatic imine (C=N–C) groups is 1. The van der Waals surface area contributed by atoms with Crippen LogP contribution in [0.4, 0.5) is 0 Å². The summed E-state index contributed by atoms with van der Waals surface area (Å²) in [5.74, 6) is 2.21. The summed E-state index contributed by atoms with van der Waals surface area (Å²) in [6, 6.07) is 9.28. The van der Waals surface area contributed by atoms with Gasteiger partial charge in [0.2, 0.25) is 0 Å². The molecule has 1 heterocycles. The van der Waals surface area contributed by atoms with Gasteiger partial charge in [0.1, 0.15) is 0 Å². The quantitative estimate of drug-likeness (QED) is 0.354. The van der Waals surface area contributed by atoms with Gasteiger partial charge in [-0.1, -0.05) is 38.1 Å². The summed E-state index contributed by atoms with van der Waals surface area (Å²) in [6.45, 7) is 10.2. The second-order valence-corrected chi connectivity index (χ2v) is 7.87. The standard InChI is InChI=1S/C21H34N4O.HI/c1-16(2)12-19(25-8-10-26-11-9-25)15-24-21(22-3)23-14-18-13-17-6-4-5-7-20(17)18;/h4-7,16,18-19H,8-15H2,1-3H3,(H2,22,23,24);1H. The first-order valence-corrected chi connectivity index (χ1v) is 10.0. The first-order valence-electron chi connectivity index (χ1n) is 10.0. The largest absolute Gasteiger partial charge is 0.379 e. The molecule has 27 heavy (non-hydrogen) atoms. The van der Waals surface area contributed by atoms with E-state index in [1.54, 1.807) is 0 Å². The first kappa shape index (κ1) is 22.4. The summed E-state index contributed by atoms with van der Waals surface area (Å²) in [7, 11) is 1.86. The molecule has 0 spiro atoms. The van der Waals surface area contributed by atoms with Gasteiger partial charge in [0.25, 0.3) is 0 Å². The van der Waals surface area contributed by atoms with E-state index in [-0.39, 0.29) is 24.0 Å². The van der Waals surface area contributed by atoms with E-state index < -0.39 is 0 Å². The Morgan fingerprint density at radius 2 is 1.96 bits per heavy atom. The lowest BCUT2D eigenvalue weighted by molar-refractivity contribution is 0.0132. The maximum absolute atomic E-state index is 5.52. The van der Waals surface area contributed by atoms with Crippen molar-refractivity contribution in [3.8, 4) is 0 Å². The maximum Gasteiger partial charge on any atom is 0.191 e. The fraction of sp³-hybridized carbons (Fsp3) is 0.667. The van der Waals surface area contributed by atoms with E-state index in [1.165, 1.54) is 24.0 Å². The fourth-order valence-electron chi connectivity index (χ4n) is 4.05. The number of halogens is 1. The fourth-order valence-corrected chi connectivity index (χ4v) is 4.05. The molecule has 152 valence electrons. The molecule has 6 heteroatoms. The summed E-state index contributed by atoms with van der Waals surface area (Å²) >= 11 is 0. The van der Waals surface area contributed by atoms with E-state index in [0.29, 0.717) is 17.9 Å². The molecular weight excluding hydrogens is 451 g/mol. The molecule has 2 N–H and O–H groups in total. The van der Waals surface area contributed by atoms with Crippen molar-refractivity contribution in [1.82, 2.24) is 15.5 Å². The molecule has 1 aliphatic heterocycles. The molecule has 2 aliphatic rings. The van der Waals surface area contributed by atoms with Crippen LogP contribution in [0.2, 0.25) is 0 Å². The summed E-state index contributed by atoms with van der Waals surface area (Å²) in [4.78, 5) is 6.98. The monoisotopic (exact) mass is 486 g/mol. The van der Waals surface area contributed by atoms with Gasteiger partial charge in [-0.2, -0.15) is 0 Å². The first-order chi connectivity index (χ1) is 12.7. The Morgan fingerprint density at radius 3 is 2.63 bits per heavy atom. The van der Waals surface area contributed by atoms with Crippen LogP contribution in [0.15, 0.2) is 29.3 Å². The van der Waals surface area contributed by atoms with Gasteiger partial charge in [-0.3, -0.25) is 9.89 Å². The molecule has 0 amide bonds. The number of nitrogens with one attached hydrogen (secondary N) is 2. The van der Waals surface area contributed by atoms with Crippen LogP contribution in [0.5, 0.6) is 0 Å². The van der Waals surface area contributed by atoms with Crippen LogP contribution in [-0.2, 0) is 11.2 Å². The topological polar surface area (TPSA) is 48.9 Å². The summed E-state index contributed by atoms with van der Waals surface area (Å²) in [5, 5.41) is 7.08. The number of fused-ring (bicyclic) bond motifs is 1. The van der Waals surface area contributed by atoms with Gasteiger partial charge in [-0.05, 0) is 29.9 Å². The van der Waals surface area contributed by atoms with Gasteiger partial charge >= 0.3 is 0 Å². The number of rotatable bonds is 7. The van der Waals surface area contributed by atoms with Crippen LogP contribution in [-0.4, -0.2) is 63.3 Å². The minimum Gasteiger partial charge on any atom is -0.379 e. The van der Waals surface area contributed by atoms with E-state index in [9.17, 15) is 0 Å². The Hall–Kier alpha value is -0.860. The Labute approximate surface area is 181 Å². The maximum atomic E-state index is 5.52. The lowest BCUT2D eigenvalue weighted by atomic mass is 9.78. The number of morpholine rings is 1. The Morgan fingerprint density at radius 1 is 1.22 bits per heavy atom. The number of benzene rings is 1. The second kappa shape index (κ2) is 11.2. The summed E-state index contributed by atoms with van der Waals surface area (Å²) in [5.41, 5.74) is 2.98. The highest BCUT2D eigenvalue weighted by atomic mass is 127. The van der Waals surface area contributed by atoms with Gasteiger partial charge in [-0.25, -0.2) is 0 Å². The highest BCUT2D eigenvalue weighted by Gasteiger charge is 2.26. The van der Waals surface area contributed by atoms with Crippen LogP contribution in [0.25, 0.3) is 0 Å². The lowest BCUT2D eigenvalue weighted by Crippen LogP contribution is -2.51. The van der Waals surface area contributed by atoms with Crippen molar-refractivity contribution in [2.45, 2.75) is 38.6 Å². The van der Waals surface area contributed by atoms with E-state index in [0.717, 1.165) is 45.4 Å². The minimum absolute atomic E-state index is 0. The van der Waals surface area contributed by atoms with Gasteiger partial charge < -0.3 is 15.4 Å². The average Bonchev–Trinajstić information content (AvgIpc) is 2.64. The molecule has 2 unspecified atom stereocenters. The third-order valence-electron chi connectivity index (χ3n) is 5.51. The van der Waals surface area contributed by atoms with Crippen molar-refractivity contribution in [1.29, 1.82) is 0 Å². The number of hydrogen-bond donors (Lipinski definition) is 2. The van der Waals surface area contributed by atoms with E-state index >= 15 is 0 Å². The zero-order valence-corrected chi connectivity index (χ0v) is 19.2. The average molecular weight is 486 g/mol. The molecule has 1 fully saturated rings. The van der Waals surface area contributed by atoms with Crippen molar-refractivity contribution in [2.75, 3.05) is 46.4 Å². The summed E-state index contributed by atoms with van der Waals surface area (Å²) < 4.78 is 5.52. The number of guanidine groups is 1. The number of nitrogens with zero attached hydrogens (tertiary/aromatic N) is 2. The molecule has 1 aliphatic carbocycles. The van der Waals surface area contributed by atoms with Crippen molar-refractivity contribution in [3.63, 3.8) is 0 Å². The van der Waals surface area contributed by atoms with Gasteiger partial charge in [0.05, 0.1) is 13.2 Å². The molecule has 0 bridgehead atoms. The zero-order valence-electron chi connectivity index (χ0n) is 16.9. The third-order valence-corrected chi connectivity index (χ3v) is 5.51. The predicted octanol–water partition coefficient (Wildman–Crippen LogP) is 2.86. The Balaban J connectivity index is 0.00000261. The molecule has 2 atom stereocenters. The molecular formula is C21H35IN4O. The van der Waals surface area contributed by atoms with Gasteiger partial charge in [0.15, 0.2) is 5.96 Å². The van der Waals surface area contributed by atoms with Crippen molar-refractivity contribution < 1.29 is 4.74 Å². The van der Waals surface area contributed by atoms with Crippen LogP contribution in [0, 0.1) is 5.92 Å². The Bertz CT molecular complexity index is 602. The van der Waals surface area contributed by atoms with Crippen LogP contribution >= 0.6 is 24.0 Å². The van der Waals surface area contributed by atoms with Crippen molar-refractivity contribution in [2.24, 2.45) is 10.9 Å². The highest BCUT2D eigenvalue weighted by Crippen LogP contribution is 2.33. The molecule has 1 saturated heterocycles. The van der Waals surface area contributed by atoms with Gasteiger partial charge in [-0.15, -0.1) is 24.0 Å². The van der Waals surface area contributed by atoms with Crippen LogP contribution in [0.3, 0.4) is 0 Å². The van der Waals surface area contributed by atoms with E-state index in [4.69, 9.17) is 4.74 Å². The number of ether oxygens (including phenoxy) is 1.